The molecule has 0 spiro atoms. The van der Waals surface area contributed by atoms with Crippen molar-refractivity contribution >= 4 is 17.9 Å². The highest BCUT2D eigenvalue weighted by molar-refractivity contribution is 7.99. The minimum Gasteiger partial charge on any atom is -0.444 e. The molecule has 0 aromatic rings. The molecule has 94 valence electrons. The summed E-state index contributed by atoms with van der Waals surface area (Å²) in [5.41, 5.74) is -0.515. The molecule has 0 aromatic carbocycles. The van der Waals surface area contributed by atoms with Gasteiger partial charge in [0.15, 0.2) is 0 Å². The molecule has 0 aliphatic carbocycles. The number of carbonyl (C=O) groups excluding carboxylic acids is 1. The van der Waals surface area contributed by atoms with Crippen LogP contribution in [0.4, 0.5) is 9.18 Å². The number of carbonyl (C=O) groups is 1. The molecule has 0 radical (unpaired) electrons. The Kier molecular flexibility index (Phi) is 4.47. The smallest absolute Gasteiger partial charge is 0.410 e. The van der Waals surface area contributed by atoms with E-state index in [1.165, 1.54) is 16.7 Å². The number of rotatable bonds is 1. The molecule has 1 fully saturated rings. The molecule has 1 saturated heterocycles. The zero-order valence-electron chi connectivity index (χ0n) is 10.3. The van der Waals surface area contributed by atoms with E-state index in [9.17, 15) is 9.18 Å². The lowest BCUT2D eigenvalue weighted by molar-refractivity contribution is 0.0147. The maximum absolute atomic E-state index is 13.6. The molecule has 1 aliphatic heterocycles. The van der Waals surface area contributed by atoms with E-state index in [0.29, 0.717) is 13.0 Å². The van der Waals surface area contributed by atoms with E-state index < -0.39 is 17.9 Å². The molecular formula is C11H20FNO2S. The van der Waals surface area contributed by atoms with Gasteiger partial charge in [-0.1, -0.05) is 0 Å². The average Bonchev–Trinajstić information content (AvgIpc) is 2.15. The number of piperidine rings is 1. The van der Waals surface area contributed by atoms with Gasteiger partial charge in [-0.3, -0.25) is 0 Å². The molecule has 16 heavy (non-hydrogen) atoms. The van der Waals surface area contributed by atoms with Crippen LogP contribution in [-0.2, 0) is 4.74 Å². The Morgan fingerprint density at radius 3 is 2.56 bits per heavy atom. The van der Waals surface area contributed by atoms with Crippen LogP contribution in [0.15, 0.2) is 0 Å². The van der Waals surface area contributed by atoms with Crippen molar-refractivity contribution in [1.82, 2.24) is 4.90 Å². The first-order chi connectivity index (χ1) is 7.33. The van der Waals surface area contributed by atoms with Gasteiger partial charge >= 0.3 is 6.09 Å². The molecule has 0 unspecified atom stereocenters. The van der Waals surface area contributed by atoms with Gasteiger partial charge < -0.3 is 9.64 Å². The first kappa shape index (κ1) is 13.6. The van der Waals surface area contributed by atoms with Crippen molar-refractivity contribution in [1.29, 1.82) is 0 Å². The summed E-state index contributed by atoms with van der Waals surface area (Å²) >= 11 is 1.53. The van der Waals surface area contributed by atoms with Gasteiger partial charge in [-0.25, -0.2) is 9.18 Å². The van der Waals surface area contributed by atoms with Crippen molar-refractivity contribution in [3.05, 3.63) is 0 Å². The first-order valence-electron chi connectivity index (χ1n) is 5.48. The van der Waals surface area contributed by atoms with E-state index >= 15 is 0 Å². The SMILES string of the molecule is CS[C@H]1CCN(C(=O)OC(C)(C)C)C[C@H]1F. The largest absolute Gasteiger partial charge is 0.444 e. The zero-order chi connectivity index (χ0) is 12.3. The van der Waals surface area contributed by atoms with Crippen molar-refractivity contribution in [3.63, 3.8) is 0 Å². The van der Waals surface area contributed by atoms with Gasteiger partial charge in [0.05, 0.1) is 6.54 Å². The van der Waals surface area contributed by atoms with Crippen molar-refractivity contribution < 1.29 is 13.9 Å². The number of alkyl halides is 1. The van der Waals surface area contributed by atoms with Gasteiger partial charge in [0.25, 0.3) is 0 Å². The summed E-state index contributed by atoms with van der Waals surface area (Å²) in [6, 6.07) is 0. The van der Waals surface area contributed by atoms with E-state index in [-0.39, 0.29) is 11.8 Å². The van der Waals surface area contributed by atoms with Crippen LogP contribution >= 0.6 is 11.8 Å². The van der Waals surface area contributed by atoms with Crippen LogP contribution < -0.4 is 0 Å². The number of nitrogens with zero attached hydrogens (tertiary/aromatic N) is 1. The fraction of sp³-hybridized carbons (Fsp3) is 0.909. The van der Waals surface area contributed by atoms with E-state index in [1.807, 2.05) is 27.0 Å². The van der Waals surface area contributed by atoms with Crippen molar-refractivity contribution in [2.75, 3.05) is 19.3 Å². The molecular weight excluding hydrogens is 229 g/mol. The summed E-state index contributed by atoms with van der Waals surface area (Å²) in [6.45, 7) is 6.17. The Hall–Kier alpha value is -0.450. The number of thioether (sulfide) groups is 1. The number of likely N-dealkylation sites (tertiary alicyclic amines) is 1. The van der Waals surface area contributed by atoms with Gasteiger partial charge in [-0.2, -0.15) is 11.8 Å². The second-order valence-corrected chi connectivity index (χ2v) is 6.08. The lowest BCUT2D eigenvalue weighted by atomic mass is 10.1. The second kappa shape index (κ2) is 5.25. The van der Waals surface area contributed by atoms with Crippen molar-refractivity contribution in [2.24, 2.45) is 0 Å². The van der Waals surface area contributed by atoms with Gasteiger partial charge in [0.2, 0.25) is 0 Å². The maximum Gasteiger partial charge on any atom is 0.410 e. The Morgan fingerprint density at radius 1 is 1.50 bits per heavy atom. The molecule has 3 nitrogen and oxygen atoms in total. The summed E-state index contributed by atoms with van der Waals surface area (Å²) in [5, 5.41) is 0.0127. The summed E-state index contributed by atoms with van der Waals surface area (Å²) in [4.78, 5) is 13.1. The van der Waals surface area contributed by atoms with Gasteiger partial charge in [0, 0.05) is 11.8 Å². The number of amides is 1. The summed E-state index contributed by atoms with van der Waals surface area (Å²) in [5.74, 6) is 0. The average molecular weight is 249 g/mol. The quantitative estimate of drug-likeness (QED) is 0.715. The molecule has 0 bridgehead atoms. The van der Waals surface area contributed by atoms with Crippen LogP contribution in [-0.4, -0.2) is 47.4 Å². The van der Waals surface area contributed by atoms with Crippen molar-refractivity contribution in [3.8, 4) is 0 Å². The van der Waals surface area contributed by atoms with Gasteiger partial charge in [-0.15, -0.1) is 0 Å². The minimum atomic E-state index is -0.948. The highest BCUT2D eigenvalue weighted by atomic mass is 32.2. The van der Waals surface area contributed by atoms with E-state index in [2.05, 4.69) is 0 Å². The summed E-state index contributed by atoms with van der Waals surface area (Å²) < 4.78 is 18.8. The molecule has 1 heterocycles. The molecule has 0 saturated carbocycles. The maximum atomic E-state index is 13.6. The Bertz CT molecular complexity index is 255. The van der Waals surface area contributed by atoms with Crippen LogP contribution in [0.5, 0.6) is 0 Å². The summed E-state index contributed by atoms with van der Waals surface area (Å²) in [7, 11) is 0. The standard InChI is InChI=1S/C11H20FNO2S/c1-11(2,3)15-10(14)13-6-5-9(16-4)8(12)7-13/h8-9H,5-7H2,1-4H3/t8-,9+/m1/s1. The van der Waals surface area contributed by atoms with E-state index in [0.717, 1.165) is 0 Å². The molecule has 0 aromatic heterocycles. The number of hydrogen-bond acceptors (Lipinski definition) is 3. The zero-order valence-corrected chi connectivity index (χ0v) is 11.1. The Balaban J connectivity index is 2.48. The highest BCUT2D eigenvalue weighted by Crippen LogP contribution is 2.25. The minimum absolute atomic E-state index is 0.0127. The predicted octanol–water partition coefficient (Wildman–Crippen LogP) is 2.70. The fourth-order valence-electron chi connectivity index (χ4n) is 1.64. The van der Waals surface area contributed by atoms with Crippen LogP contribution in [0.25, 0.3) is 0 Å². The molecule has 0 N–H and O–H groups in total. The molecule has 5 heteroatoms. The lowest BCUT2D eigenvalue weighted by Gasteiger charge is -2.34. The van der Waals surface area contributed by atoms with Crippen LogP contribution in [0.1, 0.15) is 27.2 Å². The monoisotopic (exact) mass is 249 g/mol. The normalized spacial score (nSPS) is 26.7. The Morgan fingerprint density at radius 2 is 2.12 bits per heavy atom. The number of halogens is 1. The molecule has 1 rings (SSSR count). The molecule has 1 aliphatic rings. The van der Waals surface area contributed by atoms with Gasteiger partial charge in [0.1, 0.15) is 11.8 Å². The molecule has 1 amide bonds. The van der Waals surface area contributed by atoms with Crippen LogP contribution in [0.2, 0.25) is 0 Å². The third-order valence-corrected chi connectivity index (χ3v) is 3.57. The third-order valence-electron chi connectivity index (χ3n) is 2.44. The Labute approximate surface area is 101 Å². The predicted molar refractivity (Wildman–Crippen MR) is 64.6 cm³/mol. The fourth-order valence-corrected chi connectivity index (χ4v) is 2.36. The number of hydrogen-bond donors (Lipinski definition) is 0. The van der Waals surface area contributed by atoms with Crippen molar-refractivity contribution in [2.45, 2.75) is 44.2 Å². The molecule has 2 atom stereocenters. The van der Waals surface area contributed by atoms with Crippen LogP contribution in [0, 0.1) is 0 Å². The second-order valence-electron chi connectivity index (χ2n) is 5.01. The van der Waals surface area contributed by atoms with Gasteiger partial charge in [-0.05, 0) is 33.4 Å². The third kappa shape index (κ3) is 3.85. The van der Waals surface area contributed by atoms with Crippen LogP contribution in [0.3, 0.4) is 0 Å². The lowest BCUT2D eigenvalue weighted by Crippen LogP contribution is -2.47. The summed E-state index contributed by atoms with van der Waals surface area (Å²) in [6.07, 6.45) is 1.24. The van der Waals surface area contributed by atoms with E-state index in [1.54, 1.807) is 0 Å². The van der Waals surface area contributed by atoms with E-state index in [4.69, 9.17) is 4.74 Å². The first-order valence-corrected chi connectivity index (χ1v) is 6.77. The highest BCUT2D eigenvalue weighted by Gasteiger charge is 2.32. The topological polar surface area (TPSA) is 29.5 Å². The number of ether oxygens (including phenoxy) is 1.